The van der Waals surface area contributed by atoms with Gasteiger partial charge in [-0.1, -0.05) is 29.4 Å². The second-order valence-corrected chi connectivity index (χ2v) is 8.42. The molecule has 0 unspecified atom stereocenters. The van der Waals surface area contributed by atoms with Crippen LogP contribution in [0.15, 0.2) is 52.3 Å². The largest absolute Gasteiger partial charge is 0.304 e. The van der Waals surface area contributed by atoms with E-state index >= 15 is 0 Å². The lowest BCUT2D eigenvalue weighted by atomic mass is 10.1. The van der Waals surface area contributed by atoms with Crippen LogP contribution in [0.5, 0.6) is 0 Å². The third-order valence-corrected chi connectivity index (χ3v) is 6.12. The number of likely N-dealkylation sites (N-methyl/N-ethyl adjacent to an activating group) is 1. The average Bonchev–Trinajstić information content (AvgIpc) is 2.66. The van der Waals surface area contributed by atoms with E-state index < -0.39 is 0 Å². The first-order valence-corrected chi connectivity index (χ1v) is 10.3. The first-order chi connectivity index (χ1) is 13.0. The van der Waals surface area contributed by atoms with Crippen LogP contribution in [-0.2, 0) is 6.42 Å². The van der Waals surface area contributed by atoms with Gasteiger partial charge in [0.2, 0.25) is 0 Å². The molecule has 27 heavy (non-hydrogen) atoms. The van der Waals surface area contributed by atoms with Gasteiger partial charge in [-0.15, -0.1) is 0 Å². The van der Waals surface area contributed by atoms with E-state index in [1.54, 1.807) is 18.2 Å². The molecule has 7 heteroatoms. The van der Waals surface area contributed by atoms with Gasteiger partial charge in [-0.25, -0.2) is 0 Å². The second-order valence-electron chi connectivity index (χ2n) is 6.86. The Kier molecular flexibility index (Phi) is 7.13. The zero-order valence-electron chi connectivity index (χ0n) is 15.4. The fourth-order valence-electron chi connectivity index (χ4n) is 3.16. The number of hydrogen-bond donors (Lipinski definition) is 0. The van der Waals surface area contributed by atoms with Crippen molar-refractivity contribution in [1.29, 1.82) is 0 Å². The molecule has 2 aromatic carbocycles. The molecule has 5 nitrogen and oxygen atoms in total. The summed E-state index contributed by atoms with van der Waals surface area (Å²) in [5.41, 5.74) is 1.20. The number of halogens is 1. The molecule has 1 fully saturated rings. The number of benzene rings is 2. The predicted molar refractivity (Wildman–Crippen MR) is 111 cm³/mol. The van der Waals surface area contributed by atoms with E-state index in [0.29, 0.717) is 9.92 Å². The summed E-state index contributed by atoms with van der Waals surface area (Å²) in [5, 5.41) is 12.2. The highest BCUT2D eigenvalue weighted by atomic mass is 35.5. The molecular formula is C20H24ClN3O2S. The van der Waals surface area contributed by atoms with Gasteiger partial charge in [0.15, 0.2) is 0 Å². The SMILES string of the molecule is CN1CCN(CCCc2ccc(Sc3ccc(Cl)cc3)c([N+](=O)[O-])c2)CC1. The van der Waals surface area contributed by atoms with E-state index in [-0.39, 0.29) is 10.6 Å². The predicted octanol–water partition coefficient (Wildman–Crippen LogP) is 4.58. The van der Waals surface area contributed by atoms with Crippen molar-refractivity contribution in [2.24, 2.45) is 0 Å². The molecule has 2 aromatic rings. The van der Waals surface area contributed by atoms with Crippen molar-refractivity contribution in [3.05, 3.63) is 63.2 Å². The topological polar surface area (TPSA) is 49.6 Å². The Hall–Kier alpha value is -1.60. The number of nitro benzene ring substituents is 1. The highest BCUT2D eigenvalue weighted by Gasteiger charge is 2.17. The standard InChI is InChI=1S/C20H24ClN3O2S/c1-22-11-13-23(14-12-22)10-2-3-16-4-9-20(19(15-16)24(25)26)27-18-7-5-17(21)6-8-18/h4-9,15H,2-3,10-14H2,1H3. The minimum atomic E-state index is -0.289. The Bertz CT molecular complexity index is 777. The zero-order valence-corrected chi connectivity index (χ0v) is 17.0. The van der Waals surface area contributed by atoms with E-state index in [1.165, 1.54) is 11.8 Å². The van der Waals surface area contributed by atoms with Gasteiger partial charge in [0.05, 0.1) is 9.82 Å². The van der Waals surface area contributed by atoms with E-state index in [0.717, 1.165) is 56.0 Å². The number of nitro groups is 1. The van der Waals surface area contributed by atoms with Gasteiger partial charge in [0, 0.05) is 42.2 Å². The van der Waals surface area contributed by atoms with Crippen LogP contribution in [0.3, 0.4) is 0 Å². The van der Waals surface area contributed by atoms with Crippen molar-refractivity contribution < 1.29 is 4.92 Å². The number of nitrogens with zero attached hydrogens (tertiary/aromatic N) is 3. The fourth-order valence-corrected chi connectivity index (χ4v) is 4.18. The number of hydrogen-bond acceptors (Lipinski definition) is 5. The van der Waals surface area contributed by atoms with Gasteiger partial charge in [0.1, 0.15) is 0 Å². The van der Waals surface area contributed by atoms with Crippen molar-refractivity contribution in [3.8, 4) is 0 Å². The Morgan fingerprint density at radius 1 is 1.11 bits per heavy atom. The van der Waals surface area contributed by atoms with Crippen molar-refractivity contribution in [1.82, 2.24) is 9.80 Å². The van der Waals surface area contributed by atoms with Gasteiger partial charge in [-0.2, -0.15) is 0 Å². The van der Waals surface area contributed by atoms with Crippen molar-refractivity contribution in [3.63, 3.8) is 0 Å². The monoisotopic (exact) mass is 405 g/mol. The molecule has 0 atom stereocenters. The number of rotatable bonds is 7. The Morgan fingerprint density at radius 3 is 2.48 bits per heavy atom. The van der Waals surface area contributed by atoms with Crippen LogP contribution in [0.25, 0.3) is 0 Å². The van der Waals surface area contributed by atoms with Crippen LogP contribution in [0.4, 0.5) is 5.69 Å². The maximum absolute atomic E-state index is 11.5. The third kappa shape index (κ3) is 5.94. The summed E-state index contributed by atoms with van der Waals surface area (Å²) in [5.74, 6) is 0. The van der Waals surface area contributed by atoms with Crippen LogP contribution in [-0.4, -0.2) is 54.5 Å². The molecule has 0 radical (unpaired) electrons. The highest BCUT2D eigenvalue weighted by molar-refractivity contribution is 7.99. The lowest BCUT2D eigenvalue weighted by molar-refractivity contribution is -0.387. The summed E-state index contributed by atoms with van der Waals surface area (Å²) >= 11 is 7.30. The Labute approximate surface area is 169 Å². The molecular weight excluding hydrogens is 382 g/mol. The van der Waals surface area contributed by atoms with Gasteiger partial charge >= 0.3 is 0 Å². The van der Waals surface area contributed by atoms with E-state index in [9.17, 15) is 10.1 Å². The molecule has 0 spiro atoms. The van der Waals surface area contributed by atoms with Crippen molar-refractivity contribution in [2.45, 2.75) is 22.6 Å². The molecule has 0 amide bonds. The first-order valence-electron chi connectivity index (χ1n) is 9.13. The van der Waals surface area contributed by atoms with E-state index in [2.05, 4.69) is 16.8 Å². The average molecular weight is 406 g/mol. The lowest BCUT2D eigenvalue weighted by Gasteiger charge is -2.32. The van der Waals surface area contributed by atoms with Crippen LogP contribution in [0.2, 0.25) is 5.02 Å². The smallest absolute Gasteiger partial charge is 0.283 e. The summed E-state index contributed by atoms with van der Waals surface area (Å²) in [6.45, 7) is 5.48. The molecule has 3 rings (SSSR count). The van der Waals surface area contributed by atoms with Gasteiger partial charge in [-0.3, -0.25) is 10.1 Å². The number of aryl methyl sites for hydroxylation is 1. The van der Waals surface area contributed by atoms with E-state index in [1.807, 2.05) is 24.3 Å². The lowest BCUT2D eigenvalue weighted by Crippen LogP contribution is -2.44. The fraction of sp³-hybridized carbons (Fsp3) is 0.400. The molecule has 0 aliphatic carbocycles. The van der Waals surface area contributed by atoms with E-state index in [4.69, 9.17) is 11.6 Å². The maximum Gasteiger partial charge on any atom is 0.283 e. The van der Waals surface area contributed by atoms with Crippen LogP contribution < -0.4 is 0 Å². The molecule has 0 bridgehead atoms. The van der Waals surface area contributed by atoms with Gasteiger partial charge < -0.3 is 9.80 Å². The third-order valence-electron chi connectivity index (χ3n) is 4.80. The van der Waals surface area contributed by atoms with Crippen LogP contribution in [0.1, 0.15) is 12.0 Å². The second kappa shape index (κ2) is 9.55. The van der Waals surface area contributed by atoms with Crippen molar-refractivity contribution in [2.75, 3.05) is 39.8 Å². The molecule has 144 valence electrons. The Morgan fingerprint density at radius 2 is 1.81 bits per heavy atom. The number of piperazine rings is 1. The molecule has 1 aliphatic heterocycles. The van der Waals surface area contributed by atoms with Crippen LogP contribution in [0, 0.1) is 10.1 Å². The summed E-state index contributed by atoms with van der Waals surface area (Å²) in [6.07, 6.45) is 1.88. The summed E-state index contributed by atoms with van der Waals surface area (Å²) in [7, 11) is 2.15. The summed E-state index contributed by atoms with van der Waals surface area (Å²) < 4.78 is 0. The molecule has 1 aliphatic rings. The molecule has 0 aromatic heterocycles. The molecule has 1 saturated heterocycles. The quantitative estimate of drug-likeness (QED) is 0.498. The Balaban J connectivity index is 1.61. The molecule has 0 saturated carbocycles. The van der Waals surface area contributed by atoms with Gasteiger partial charge in [-0.05, 0) is 62.3 Å². The van der Waals surface area contributed by atoms with Gasteiger partial charge in [0.25, 0.3) is 5.69 Å². The summed E-state index contributed by atoms with van der Waals surface area (Å²) in [6, 6.07) is 12.9. The first kappa shape index (κ1) is 20.1. The normalized spacial score (nSPS) is 15.8. The minimum Gasteiger partial charge on any atom is -0.304 e. The molecule has 0 N–H and O–H groups in total. The zero-order chi connectivity index (χ0) is 19.2. The summed E-state index contributed by atoms with van der Waals surface area (Å²) in [4.78, 5) is 17.6. The van der Waals surface area contributed by atoms with Crippen LogP contribution >= 0.6 is 23.4 Å². The minimum absolute atomic E-state index is 0.173. The highest BCUT2D eigenvalue weighted by Crippen LogP contribution is 2.36. The molecule has 1 heterocycles. The van der Waals surface area contributed by atoms with Crippen molar-refractivity contribution >= 4 is 29.1 Å². The maximum atomic E-state index is 11.5.